The van der Waals surface area contributed by atoms with Crippen LogP contribution >= 0.6 is 0 Å². The zero-order chi connectivity index (χ0) is 13.5. The van der Waals surface area contributed by atoms with Crippen LogP contribution in [0.1, 0.15) is 18.5 Å². The van der Waals surface area contributed by atoms with Crippen LogP contribution in [0.15, 0.2) is 30.3 Å². The second-order valence-corrected chi connectivity index (χ2v) is 3.78. The van der Waals surface area contributed by atoms with Gasteiger partial charge in [0.05, 0.1) is 14.2 Å². The molecule has 1 rings (SSSR count). The number of benzene rings is 1. The Morgan fingerprint density at radius 1 is 1.06 bits per heavy atom. The predicted molar refractivity (Wildman–Crippen MR) is 65.8 cm³/mol. The fourth-order valence-corrected chi connectivity index (χ4v) is 1.56. The molecular weight excluding hydrogens is 234 g/mol. The van der Waals surface area contributed by atoms with E-state index in [0.29, 0.717) is 0 Å². The maximum Gasteiger partial charge on any atom is 0.334 e. The fraction of sp³-hybridized carbons (Fsp3) is 0.385. The number of carbonyl (C=O) groups excluding carboxylic acids is 2. The Morgan fingerprint density at radius 2 is 1.56 bits per heavy atom. The van der Waals surface area contributed by atoms with Gasteiger partial charge in [0.15, 0.2) is 0 Å². The lowest BCUT2D eigenvalue weighted by atomic mass is 10.1. The van der Waals surface area contributed by atoms with E-state index in [4.69, 9.17) is 0 Å². The highest BCUT2D eigenvalue weighted by Crippen LogP contribution is 2.12. The van der Waals surface area contributed by atoms with Crippen LogP contribution in [-0.2, 0) is 19.1 Å². The first kappa shape index (κ1) is 14.2. The van der Waals surface area contributed by atoms with Crippen LogP contribution in [0.5, 0.6) is 0 Å². The van der Waals surface area contributed by atoms with E-state index >= 15 is 0 Å². The summed E-state index contributed by atoms with van der Waals surface area (Å²) in [5.41, 5.74) is 0.968. The molecule has 1 aromatic carbocycles. The third-order valence-corrected chi connectivity index (χ3v) is 2.59. The largest absolute Gasteiger partial charge is 0.467 e. The highest BCUT2D eigenvalue weighted by atomic mass is 16.5. The van der Waals surface area contributed by atoms with E-state index in [1.165, 1.54) is 14.2 Å². The molecule has 5 heteroatoms. The van der Waals surface area contributed by atoms with E-state index in [9.17, 15) is 9.59 Å². The SMILES string of the molecule is COC(=O)C(N[C@@H](C)c1ccccc1)C(=O)OC. The molecule has 1 aromatic rings. The highest BCUT2D eigenvalue weighted by molar-refractivity contribution is 5.99. The van der Waals surface area contributed by atoms with E-state index in [1.54, 1.807) is 0 Å². The Bertz CT molecular complexity index is 389. The van der Waals surface area contributed by atoms with Gasteiger partial charge < -0.3 is 9.47 Å². The minimum Gasteiger partial charge on any atom is -0.467 e. The Labute approximate surface area is 106 Å². The van der Waals surface area contributed by atoms with Crippen LogP contribution in [0.2, 0.25) is 0 Å². The molecular formula is C13H17NO4. The molecule has 0 radical (unpaired) electrons. The Kier molecular flexibility index (Phi) is 5.32. The number of nitrogens with one attached hydrogen (secondary N) is 1. The summed E-state index contributed by atoms with van der Waals surface area (Å²) < 4.78 is 9.14. The van der Waals surface area contributed by atoms with Gasteiger partial charge in [0.1, 0.15) is 0 Å². The lowest BCUT2D eigenvalue weighted by molar-refractivity contribution is -0.155. The minimum absolute atomic E-state index is 0.172. The molecule has 0 fully saturated rings. The van der Waals surface area contributed by atoms with Gasteiger partial charge in [0.25, 0.3) is 0 Å². The van der Waals surface area contributed by atoms with Crippen molar-refractivity contribution in [1.29, 1.82) is 0 Å². The number of rotatable bonds is 5. The summed E-state index contributed by atoms with van der Waals surface area (Å²) in [5.74, 6) is -1.32. The van der Waals surface area contributed by atoms with Gasteiger partial charge in [-0.25, -0.2) is 9.59 Å². The van der Waals surface area contributed by atoms with Gasteiger partial charge in [-0.05, 0) is 12.5 Å². The zero-order valence-corrected chi connectivity index (χ0v) is 10.7. The summed E-state index contributed by atoms with van der Waals surface area (Å²) in [6, 6.07) is 8.20. The first-order valence-corrected chi connectivity index (χ1v) is 5.56. The number of hydrogen-bond acceptors (Lipinski definition) is 5. The molecule has 1 atom stereocenters. The third kappa shape index (κ3) is 3.56. The first-order valence-electron chi connectivity index (χ1n) is 5.56. The van der Waals surface area contributed by atoms with Gasteiger partial charge in [-0.15, -0.1) is 0 Å². The quantitative estimate of drug-likeness (QED) is 0.626. The average Bonchev–Trinajstić information content (AvgIpc) is 2.43. The number of methoxy groups -OCH3 is 2. The van der Waals surface area contributed by atoms with Crippen molar-refractivity contribution < 1.29 is 19.1 Å². The summed E-state index contributed by atoms with van der Waals surface area (Å²) in [6.07, 6.45) is 0. The Balaban J connectivity index is 2.78. The van der Waals surface area contributed by atoms with E-state index < -0.39 is 18.0 Å². The molecule has 0 aliphatic rings. The van der Waals surface area contributed by atoms with Crippen LogP contribution in [-0.4, -0.2) is 32.2 Å². The standard InChI is InChI=1S/C13H17NO4/c1-9(10-7-5-4-6-8-10)14-11(12(15)17-2)13(16)18-3/h4-9,11,14H,1-3H3/t9-/m0/s1. The molecule has 0 saturated carbocycles. The van der Waals surface area contributed by atoms with E-state index in [-0.39, 0.29) is 6.04 Å². The molecule has 0 amide bonds. The summed E-state index contributed by atoms with van der Waals surface area (Å²) >= 11 is 0. The van der Waals surface area contributed by atoms with Crippen LogP contribution in [0.25, 0.3) is 0 Å². The maximum atomic E-state index is 11.5. The molecule has 1 N–H and O–H groups in total. The molecule has 98 valence electrons. The van der Waals surface area contributed by atoms with Crippen molar-refractivity contribution in [2.45, 2.75) is 19.0 Å². The van der Waals surface area contributed by atoms with Crippen molar-refractivity contribution in [3.05, 3.63) is 35.9 Å². The number of carbonyl (C=O) groups is 2. The average molecular weight is 251 g/mol. The predicted octanol–water partition coefficient (Wildman–Crippen LogP) is 1.05. The van der Waals surface area contributed by atoms with Gasteiger partial charge >= 0.3 is 11.9 Å². The number of hydrogen-bond donors (Lipinski definition) is 1. The number of ether oxygens (including phenoxy) is 2. The fourth-order valence-electron chi connectivity index (χ4n) is 1.56. The van der Waals surface area contributed by atoms with Crippen molar-refractivity contribution in [2.24, 2.45) is 0 Å². The normalized spacial score (nSPS) is 12.0. The molecule has 0 saturated heterocycles. The topological polar surface area (TPSA) is 64.6 Å². The molecule has 18 heavy (non-hydrogen) atoms. The van der Waals surface area contributed by atoms with Crippen molar-refractivity contribution >= 4 is 11.9 Å². The van der Waals surface area contributed by atoms with Gasteiger partial charge in [-0.1, -0.05) is 30.3 Å². The summed E-state index contributed by atoms with van der Waals surface area (Å²) in [4.78, 5) is 23.0. The first-order chi connectivity index (χ1) is 8.60. The van der Waals surface area contributed by atoms with Crippen molar-refractivity contribution in [3.63, 3.8) is 0 Å². The molecule has 0 aliphatic heterocycles. The lowest BCUT2D eigenvalue weighted by Crippen LogP contribution is -2.45. The van der Waals surface area contributed by atoms with E-state index in [1.807, 2.05) is 37.3 Å². The molecule has 5 nitrogen and oxygen atoms in total. The summed E-state index contributed by atoms with van der Waals surface area (Å²) in [7, 11) is 2.46. The van der Waals surface area contributed by atoms with Crippen molar-refractivity contribution in [2.75, 3.05) is 14.2 Å². The smallest absolute Gasteiger partial charge is 0.334 e. The molecule has 0 aromatic heterocycles. The maximum absolute atomic E-state index is 11.5. The highest BCUT2D eigenvalue weighted by Gasteiger charge is 2.29. The van der Waals surface area contributed by atoms with Crippen LogP contribution in [0.4, 0.5) is 0 Å². The molecule has 0 unspecified atom stereocenters. The van der Waals surface area contributed by atoms with Crippen LogP contribution in [0.3, 0.4) is 0 Å². The van der Waals surface area contributed by atoms with E-state index in [0.717, 1.165) is 5.56 Å². The van der Waals surface area contributed by atoms with Crippen LogP contribution < -0.4 is 5.32 Å². The third-order valence-electron chi connectivity index (χ3n) is 2.59. The minimum atomic E-state index is -1.12. The zero-order valence-electron chi connectivity index (χ0n) is 10.7. The van der Waals surface area contributed by atoms with Crippen molar-refractivity contribution in [1.82, 2.24) is 5.32 Å². The molecule has 0 aliphatic carbocycles. The summed E-state index contributed by atoms with van der Waals surface area (Å²) in [6.45, 7) is 1.86. The van der Waals surface area contributed by atoms with Crippen molar-refractivity contribution in [3.8, 4) is 0 Å². The van der Waals surface area contributed by atoms with Gasteiger partial charge in [0.2, 0.25) is 6.04 Å². The second kappa shape index (κ2) is 6.76. The Morgan fingerprint density at radius 3 is 2.00 bits per heavy atom. The number of esters is 2. The lowest BCUT2D eigenvalue weighted by Gasteiger charge is -2.19. The van der Waals surface area contributed by atoms with Gasteiger partial charge in [-0.2, -0.15) is 0 Å². The van der Waals surface area contributed by atoms with Gasteiger partial charge in [0, 0.05) is 6.04 Å². The Hall–Kier alpha value is -1.88. The van der Waals surface area contributed by atoms with Gasteiger partial charge in [-0.3, -0.25) is 5.32 Å². The molecule has 0 spiro atoms. The van der Waals surface area contributed by atoms with Crippen LogP contribution in [0, 0.1) is 0 Å². The monoisotopic (exact) mass is 251 g/mol. The molecule has 0 bridgehead atoms. The molecule has 0 heterocycles. The summed E-state index contributed by atoms with van der Waals surface area (Å²) in [5, 5.41) is 2.89. The second-order valence-electron chi connectivity index (χ2n) is 3.78. The van der Waals surface area contributed by atoms with E-state index in [2.05, 4.69) is 14.8 Å².